The molecule has 0 heterocycles. The van der Waals surface area contributed by atoms with Gasteiger partial charge in [-0.2, -0.15) is 0 Å². The van der Waals surface area contributed by atoms with E-state index in [4.69, 9.17) is 18.5 Å². The van der Waals surface area contributed by atoms with E-state index in [2.05, 4.69) is 38.2 Å². The number of unbranched alkanes of at least 4 members (excludes halogenated alkanes) is 38. The summed E-state index contributed by atoms with van der Waals surface area (Å²) in [5.41, 5.74) is 0. The number of quaternary nitrogens is 1. The lowest BCUT2D eigenvalue weighted by Crippen LogP contribution is -2.37. The largest absolute Gasteiger partial charge is 0.472 e. The monoisotopic (exact) mass is 1010 g/mol. The Bertz CT molecular complexity index is 1240. The fourth-order valence-electron chi connectivity index (χ4n) is 8.81. The molecule has 0 bridgehead atoms. The standard InChI is InChI=1S/C60H116NO8P/c1-6-8-10-12-14-16-18-20-22-24-26-28-29-30-31-33-35-37-39-41-43-45-47-49-51-53-60(63)69-58(57-68-70(64,65)67-55-54-61(3,4)5)56-66-59(62)52-50-48-46-44-42-40-38-36-34-32-27-25-23-21-19-17-15-13-11-9-7-2/h18,20,24,26,58H,6-17,19,21-23,25,27-57H2,1-5H3/p+1/b20-18-,26-24-. The summed E-state index contributed by atoms with van der Waals surface area (Å²) in [6.07, 6.45) is 62.5. The molecule has 10 heteroatoms. The summed E-state index contributed by atoms with van der Waals surface area (Å²) in [5.74, 6) is -0.780. The van der Waals surface area contributed by atoms with Gasteiger partial charge in [-0.05, 0) is 44.9 Å². The molecule has 0 aliphatic carbocycles. The van der Waals surface area contributed by atoms with Crippen LogP contribution in [0.4, 0.5) is 0 Å². The second-order valence-corrected chi connectivity index (χ2v) is 23.2. The Kier molecular flexibility index (Phi) is 51.2. The van der Waals surface area contributed by atoms with Crippen molar-refractivity contribution in [1.82, 2.24) is 0 Å². The molecule has 9 nitrogen and oxygen atoms in total. The molecule has 0 aromatic rings. The first-order valence-corrected chi connectivity index (χ1v) is 31.6. The maximum absolute atomic E-state index is 12.8. The number of phosphoric acid groups is 1. The number of ether oxygens (including phenoxy) is 2. The van der Waals surface area contributed by atoms with E-state index in [1.165, 1.54) is 225 Å². The highest BCUT2D eigenvalue weighted by atomic mass is 31.2. The van der Waals surface area contributed by atoms with Gasteiger partial charge in [-0.3, -0.25) is 18.6 Å². The van der Waals surface area contributed by atoms with Crippen LogP contribution in [-0.4, -0.2) is 74.9 Å². The minimum Gasteiger partial charge on any atom is -0.462 e. The minimum atomic E-state index is -4.38. The zero-order chi connectivity index (χ0) is 51.3. The lowest BCUT2D eigenvalue weighted by Gasteiger charge is -2.24. The van der Waals surface area contributed by atoms with E-state index in [-0.39, 0.29) is 25.6 Å². The van der Waals surface area contributed by atoms with E-state index in [0.717, 1.165) is 38.5 Å². The zero-order valence-corrected chi connectivity index (χ0v) is 47.9. The van der Waals surface area contributed by atoms with Gasteiger partial charge in [0.25, 0.3) is 0 Å². The number of rotatable bonds is 56. The Morgan fingerprint density at radius 1 is 0.443 bits per heavy atom. The van der Waals surface area contributed by atoms with Gasteiger partial charge in [0.15, 0.2) is 6.10 Å². The number of esters is 2. The Balaban J connectivity index is 4.11. The van der Waals surface area contributed by atoms with Crippen LogP contribution >= 0.6 is 7.82 Å². The van der Waals surface area contributed by atoms with Gasteiger partial charge in [0, 0.05) is 12.8 Å². The number of carbonyl (C=O) groups is 2. The third-order valence-electron chi connectivity index (χ3n) is 13.5. The summed E-state index contributed by atoms with van der Waals surface area (Å²) in [7, 11) is 1.49. The molecule has 2 unspecified atom stereocenters. The van der Waals surface area contributed by atoms with Crippen molar-refractivity contribution in [2.75, 3.05) is 47.5 Å². The van der Waals surface area contributed by atoms with E-state index in [1.807, 2.05) is 21.1 Å². The molecule has 0 aromatic carbocycles. The van der Waals surface area contributed by atoms with Gasteiger partial charge in [-0.15, -0.1) is 0 Å². The van der Waals surface area contributed by atoms with Crippen LogP contribution in [0.3, 0.4) is 0 Å². The number of hydrogen-bond donors (Lipinski definition) is 1. The van der Waals surface area contributed by atoms with Gasteiger partial charge in [0.05, 0.1) is 27.7 Å². The van der Waals surface area contributed by atoms with E-state index in [0.29, 0.717) is 23.9 Å². The predicted molar refractivity (Wildman–Crippen MR) is 298 cm³/mol. The van der Waals surface area contributed by atoms with Crippen LogP contribution in [0.25, 0.3) is 0 Å². The average molecular weight is 1010 g/mol. The lowest BCUT2D eigenvalue weighted by atomic mass is 10.0. The molecular formula is C60H117NO8P+. The number of allylic oxidation sites excluding steroid dienone is 4. The Labute approximate surface area is 434 Å². The third-order valence-corrected chi connectivity index (χ3v) is 14.5. The summed E-state index contributed by atoms with van der Waals surface area (Å²) in [6, 6.07) is 0. The molecule has 0 spiro atoms. The van der Waals surface area contributed by atoms with Crippen LogP contribution in [0.15, 0.2) is 24.3 Å². The summed E-state index contributed by atoms with van der Waals surface area (Å²) >= 11 is 0. The van der Waals surface area contributed by atoms with Crippen molar-refractivity contribution < 1.29 is 42.1 Å². The molecule has 0 saturated carbocycles. The molecule has 0 rings (SSSR count). The SMILES string of the molecule is CCCCCCC/C=C\C/C=C\CCCCCCCCCCCCCCCC(=O)OC(COC(=O)CCCCCCCCCCCCCCCCCCCCCCC)COP(=O)(O)OCC[N+](C)(C)C. The fourth-order valence-corrected chi connectivity index (χ4v) is 9.56. The van der Waals surface area contributed by atoms with Gasteiger partial charge >= 0.3 is 19.8 Å². The van der Waals surface area contributed by atoms with Crippen molar-refractivity contribution in [1.29, 1.82) is 0 Å². The number of carbonyl (C=O) groups excluding carboxylic acids is 2. The Hall–Kier alpha value is -1.51. The first-order valence-electron chi connectivity index (χ1n) is 30.1. The second-order valence-electron chi connectivity index (χ2n) is 21.7. The van der Waals surface area contributed by atoms with Crippen molar-refractivity contribution in [2.45, 2.75) is 302 Å². The molecule has 1 N–H and O–H groups in total. The number of likely N-dealkylation sites (N-methyl/N-ethyl adjacent to an activating group) is 1. The molecule has 0 aliphatic heterocycles. The van der Waals surface area contributed by atoms with Gasteiger partial charge < -0.3 is 18.9 Å². The van der Waals surface area contributed by atoms with Crippen LogP contribution in [0.5, 0.6) is 0 Å². The number of phosphoric ester groups is 1. The van der Waals surface area contributed by atoms with Crippen molar-refractivity contribution in [3.05, 3.63) is 24.3 Å². The molecule has 0 saturated heterocycles. The third kappa shape index (κ3) is 55.8. The smallest absolute Gasteiger partial charge is 0.462 e. The van der Waals surface area contributed by atoms with Crippen molar-refractivity contribution >= 4 is 19.8 Å². The van der Waals surface area contributed by atoms with Crippen molar-refractivity contribution in [3.63, 3.8) is 0 Å². The van der Waals surface area contributed by atoms with Gasteiger partial charge in [0.2, 0.25) is 0 Å². The van der Waals surface area contributed by atoms with Crippen LogP contribution in [-0.2, 0) is 32.7 Å². The summed E-state index contributed by atoms with van der Waals surface area (Å²) in [4.78, 5) is 35.7. The summed E-state index contributed by atoms with van der Waals surface area (Å²) in [5, 5.41) is 0. The van der Waals surface area contributed by atoms with Crippen LogP contribution < -0.4 is 0 Å². The molecule has 70 heavy (non-hydrogen) atoms. The van der Waals surface area contributed by atoms with Gasteiger partial charge in [-0.1, -0.05) is 263 Å². The average Bonchev–Trinajstić information content (AvgIpc) is 3.32. The Morgan fingerprint density at radius 3 is 1.13 bits per heavy atom. The van der Waals surface area contributed by atoms with E-state index in [9.17, 15) is 19.0 Å². The molecular weight excluding hydrogens is 894 g/mol. The minimum absolute atomic E-state index is 0.0345. The quantitative estimate of drug-likeness (QED) is 0.0211. The van der Waals surface area contributed by atoms with Crippen LogP contribution in [0, 0.1) is 0 Å². The molecule has 0 radical (unpaired) electrons. The predicted octanol–water partition coefficient (Wildman–Crippen LogP) is 18.6. The van der Waals surface area contributed by atoms with Gasteiger partial charge in [-0.25, -0.2) is 4.57 Å². The molecule has 0 fully saturated rings. The molecule has 0 amide bonds. The number of nitrogens with zero attached hydrogens (tertiary/aromatic N) is 1. The topological polar surface area (TPSA) is 108 Å². The highest BCUT2D eigenvalue weighted by Gasteiger charge is 2.27. The fraction of sp³-hybridized carbons (Fsp3) is 0.900. The maximum atomic E-state index is 12.8. The van der Waals surface area contributed by atoms with Crippen molar-refractivity contribution in [3.8, 4) is 0 Å². The van der Waals surface area contributed by atoms with Crippen LogP contribution in [0.2, 0.25) is 0 Å². The zero-order valence-electron chi connectivity index (χ0n) is 47.0. The first-order chi connectivity index (χ1) is 34.0. The molecule has 414 valence electrons. The summed E-state index contributed by atoms with van der Waals surface area (Å²) < 4.78 is 34.6. The normalized spacial score (nSPS) is 13.4. The van der Waals surface area contributed by atoms with E-state index >= 15 is 0 Å². The van der Waals surface area contributed by atoms with Crippen LogP contribution in [0.1, 0.15) is 296 Å². The highest BCUT2D eigenvalue weighted by molar-refractivity contribution is 7.47. The van der Waals surface area contributed by atoms with Gasteiger partial charge in [0.1, 0.15) is 19.8 Å². The lowest BCUT2D eigenvalue weighted by molar-refractivity contribution is -0.870. The highest BCUT2D eigenvalue weighted by Crippen LogP contribution is 2.43. The van der Waals surface area contributed by atoms with Crippen molar-refractivity contribution in [2.24, 2.45) is 0 Å². The maximum Gasteiger partial charge on any atom is 0.472 e. The van der Waals surface area contributed by atoms with E-state index < -0.39 is 26.5 Å². The summed E-state index contributed by atoms with van der Waals surface area (Å²) in [6.45, 7) is 4.48. The first kappa shape index (κ1) is 68.5. The second kappa shape index (κ2) is 52.4. The number of hydrogen-bond acceptors (Lipinski definition) is 7. The molecule has 2 atom stereocenters. The molecule has 0 aromatic heterocycles. The van der Waals surface area contributed by atoms with E-state index in [1.54, 1.807) is 0 Å². The Morgan fingerprint density at radius 2 is 0.771 bits per heavy atom. The molecule has 0 aliphatic rings.